The molecule has 0 aromatic heterocycles. The van der Waals surface area contributed by atoms with E-state index in [9.17, 15) is 9.90 Å². The summed E-state index contributed by atoms with van der Waals surface area (Å²) in [7, 11) is 1.57. The Hall–Kier alpha value is -1.75. The largest absolute Gasteiger partial charge is 0.493 e. The maximum absolute atomic E-state index is 11.9. The third kappa shape index (κ3) is 3.22. The number of carbonyl (C=O) groups excluding carboxylic acids is 1. The average molecular weight is 279 g/mol. The van der Waals surface area contributed by atoms with E-state index in [2.05, 4.69) is 5.32 Å². The van der Waals surface area contributed by atoms with Crippen LogP contribution in [0, 0.1) is 6.92 Å². The predicted molar refractivity (Wildman–Crippen MR) is 75.0 cm³/mol. The molecule has 0 unspecified atom stereocenters. The van der Waals surface area contributed by atoms with Gasteiger partial charge in [-0.1, -0.05) is 6.07 Å². The van der Waals surface area contributed by atoms with Crippen molar-refractivity contribution in [1.29, 1.82) is 0 Å². The Balaban J connectivity index is 1.90. The van der Waals surface area contributed by atoms with Crippen molar-refractivity contribution in [2.75, 3.05) is 20.3 Å². The van der Waals surface area contributed by atoms with Crippen molar-refractivity contribution in [2.24, 2.45) is 0 Å². The summed E-state index contributed by atoms with van der Waals surface area (Å²) in [5.74, 6) is 0.930. The number of amides is 1. The molecule has 1 aliphatic rings. The topological polar surface area (TPSA) is 67.8 Å². The van der Waals surface area contributed by atoms with E-state index in [4.69, 9.17) is 9.47 Å². The van der Waals surface area contributed by atoms with E-state index >= 15 is 0 Å². The molecule has 2 rings (SSSR count). The maximum Gasteiger partial charge on any atom is 0.258 e. The summed E-state index contributed by atoms with van der Waals surface area (Å²) in [6.45, 7) is 1.86. The minimum absolute atomic E-state index is 0.0212. The van der Waals surface area contributed by atoms with Crippen molar-refractivity contribution in [1.82, 2.24) is 5.32 Å². The predicted octanol–water partition coefficient (Wildman–Crippen LogP) is 1.41. The molecule has 0 radical (unpaired) electrons. The van der Waals surface area contributed by atoms with Gasteiger partial charge in [-0.15, -0.1) is 0 Å². The molecular weight excluding hydrogens is 258 g/mol. The van der Waals surface area contributed by atoms with Crippen LogP contribution in [0.1, 0.15) is 24.8 Å². The molecule has 1 amide bonds. The Morgan fingerprint density at radius 3 is 2.70 bits per heavy atom. The molecule has 0 heterocycles. The summed E-state index contributed by atoms with van der Waals surface area (Å²) in [5.41, 5.74) is 0.630. The molecule has 0 atom stereocenters. The first-order valence-electron chi connectivity index (χ1n) is 6.78. The molecule has 1 aromatic carbocycles. The molecule has 1 saturated carbocycles. The number of hydrogen-bond acceptors (Lipinski definition) is 4. The Kier molecular flexibility index (Phi) is 4.49. The minimum Gasteiger partial charge on any atom is -0.493 e. The van der Waals surface area contributed by atoms with Crippen molar-refractivity contribution in [2.45, 2.75) is 31.7 Å². The summed E-state index contributed by atoms with van der Waals surface area (Å²) in [4.78, 5) is 11.9. The van der Waals surface area contributed by atoms with E-state index in [1.54, 1.807) is 13.2 Å². The second-order valence-electron chi connectivity index (χ2n) is 5.28. The molecule has 2 N–H and O–H groups in total. The third-order valence-electron chi connectivity index (χ3n) is 3.70. The first-order valence-corrected chi connectivity index (χ1v) is 6.78. The zero-order chi connectivity index (χ0) is 14.6. The van der Waals surface area contributed by atoms with E-state index in [0.717, 1.165) is 24.8 Å². The van der Waals surface area contributed by atoms with Crippen LogP contribution in [0.2, 0.25) is 0 Å². The van der Waals surface area contributed by atoms with Crippen molar-refractivity contribution >= 4 is 5.91 Å². The van der Waals surface area contributed by atoms with Crippen molar-refractivity contribution < 1.29 is 19.4 Å². The molecule has 1 aromatic rings. The van der Waals surface area contributed by atoms with Gasteiger partial charge >= 0.3 is 0 Å². The van der Waals surface area contributed by atoms with Gasteiger partial charge in [0.05, 0.1) is 19.3 Å². The molecule has 0 spiro atoms. The highest BCUT2D eigenvalue weighted by Gasteiger charge is 2.37. The van der Waals surface area contributed by atoms with Gasteiger partial charge in [0.1, 0.15) is 0 Å². The Labute approximate surface area is 118 Å². The number of nitrogens with one attached hydrogen (secondary N) is 1. The van der Waals surface area contributed by atoms with Gasteiger partial charge in [-0.3, -0.25) is 4.79 Å². The zero-order valence-electron chi connectivity index (χ0n) is 11.9. The van der Waals surface area contributed by atoms with E-state index in [0.29, 0.717) is 11.5 Å². The lowest BCUT2D eigenvalue weighted by molar-refractivity contribution is -0.127. The molecule has 0 saturated heterocycles. The van der Waals surface area contributed by atoms with Crippen molar-refractivity contribution in [3.8, 4) is 11.5 Å². The van der Waals surface area contributed by atoms with Gasteiger partial charge in [0, 0.05) is 0 Å². The van der Waals surface area contributed by atoms with Crippen LogP contribution >= 0.6 is 0 Å². The maximum atomic E-state index is 11.9. The van der Waals surface area contributed by atoms with Gasteiger partial charge < -0.3 is 19.9 Å². The standard InChI is InChI=1S/C15H21NO4/c1-11-4-5-12(13(8-11)19-2)20-9-14(18)16-15(10-17)6-3-7-15/h4-5,8,17H,3,6-7,9-10H2,1-2H3,(H,16,18). The van der Waals surface area contributed by atoms with Gasteiger partial charge in [-0.25, -0.2) is 0 Å². The van der Waals surface area contributed by atoms with Gasteiger partial charge in [0.15, 0.2) is 18.1 Å². The summed E-state index contributed by atoms with van der Waals surface area (Å²) >= 11 is 0. The molecule has 1 aliphatic carbocycles. The van der Waals surface area contributed by atoms with E-state index in [1.807, 2.05) is 19.1 Å². The Bertz CT molecular complexity index is 477. The van der Waals surface area contributed by atoms with Crippen LogP contribution in [-0.4, -0.2) is 36.9 Å². The van der Waals surface area contributed by atoms with Crippen LogP contribution in [0.5, 0.6) is 11.5 Å². The molecule has 0 bridgehead atoms. The van der Waals surface area contributed by atoms with Crippen LogP contribution in [0.15, 0.2) is 18.2 Å². The fourth-order valence-electron chi connectivity index (χ4n) is 2.30. The number of aliphatic hydroxyl groups excluding tert-OH is 1. The highest BCUT2D eigenvalue weighted by molar-refractivity contribution is 5.78. The Morgan fingerprint density at radius 2 is 2.15 bits per heavy atom. The van der Waals surface area contributed by atoms with Crippen LogP contribution in [0.3, 0.4) is 0 Å². The average Bonchev–Trinajstić information content (AvgIpc) is 2.41. The first kappa shape index (κ1) is 14.7. The number of aliphatic hydroxyl groups is 1. The molecule has 110 valence electrons. The van der Waals surface area contributed by atoms with Crippen LogP contribution in [-0.2, 0) is 4.79 Å². The van der Waals surface area contributed by atoms with Gasteiger partial charge in [-0.05, 0) is 43.9 Å². The highest BCUT2D eigenvalue weighted by atomic mass is 16.5. The molecule has 5 heteroatoms. The minimum atomic E-state index is -0.433. The van der Waals surface area contributed by atoms with Gasteiger partial charge in [0.25, 0.3) is 5.91 Å². The molecule has 5 nitrogen and oxygen atoms in total. The zero-order valence-corrected chi connectivity index (χ0v) is 11.9. The fourth-order valence-corrected chi connectivity index (χ4v) is 2.30. The summed E-state index contributed by atoms with van der Waals surface area (Å²) < 4.78 is 10.7. The van der Waals surface area contributed by atoms with E-state index in [-0.39, 0.29) is 19.1 Å². The lowest BCUT2D eigenvalue weighted by Gasteiger charge is -2.40. The van der Waals surface area contributed by atoms with E-state index < -0.39 is 5.54 Å². The second kappa shape index (κ2) is 6.13. The van der Waals surface area contributed by atoms with Gasteiger partial charge in [0.2, 0.25) is 0 Å². The fraction of sp³-hybridized carbons (Fsp3) is 0.533. The van der Waals surface area contributed by atoms with Crippen LogP contribution < -0.4 is 14.8 Å². The first-order chi connectivity index (χ1) is 9.58. The molecule has 20 heavy (non-hydrogen) atoms. The van der Waals surface area contributed by atoms with Crippen molar-refractivity contribution in [3.63, 3.8) is 0 Å². The number of ether oxygens (including phenoxy) is 2. The van der Waals surface area contributed by atoms with Crippen LogP contribution in [0.4, 0.5) is 0 Å². The number of benzene rings is 1. The number of aryl methyl sites for hydroxylation is 1. The summed E-state index contributed by atoms with van der Waals surface area (Å²) in [6.07, 6.45) is 2.68. The third-order valence-corrected chi connectivity index (χ3v) is 3.70. The summed E-state index contributed by atoms with van der Waals surface area (Å²) in [5, 5.41) is 12.2. The second-order valence-corrected chi connectivity index (χ2v) is 5.28. The molecular formula is C15H21NO4. The molecule has 1 fully saturated rings. The Morgan fingerprint density at radius 1 is 1.40 bits per heavy atom. The number of hydrogen-bond donors (Lipinski definition) is 2. The van der Waals surface area contributed by atoms with Crippen LogP contribution in [0.25, 0.3) is 0 Å². The number of methoxy groups -OCH3 is 1. The van der Waals surface area contributed by atoms with Gasteiger partial charge in [-0.2, -0.15) is 0 Å². The summed E-state index contributed by atoms with van der Waals surface area (Å²) in [6, 6.07) is 5.54. The number of carbonyl (C=O) groups is 1. The SMILES string of the molecule is COc1cc(C)ccc1OCC(=O)NC1(CO)CCC1. The highest BCUT2D eigenvalue weighted by Crippen LogP contribution is 2.31. The normalized spacial score (nSPS) is 16.1. The van der Waals surface area contributed by atoms with E-state index in [1.165, 1.54) is 0 Å². The monoisotopic (exact) mass is 279 g/mol. The quantitative estimate of drug-likeness (QED) is 0.826. The number of rotatable bonds is 6. The molecule has 0 aliphatic heterocycles. The van der Waals surface area contributed by atoms with Crippen molar-refractivity contribution in [3.05, 3.63) is 23.8 Å². The lowest BCUT2D eigenvalue weighted by Crippen LogP contribution is -2.57. The smallest absolute Gasteiger partial charge is 0.258 e. The lowest BCUT2D eigenvalue weighted by atomic mass is 9.77.